The van der Waals surface area contributed by atoms with Gasteiger partial charge in [-0.2, -0.15) is 30.9 Å². The Morgan fingerprint density at radius 1 is 0.962 bits per heavy atom. The molecular weight excluding hydrogens is 380 g/mol. The topological polar surface area (TPSA) is 19.1 Å². The van der Waals surface area contributed by atoms with Crippen LogP contribution in [0.5, 0.6) is 0 Å². The zero-order chi connectivity index (χ0) is 19.7. The fourth-order valence-corrected chi connectivity index (χ4v) is 2.45. The summed E-state index contributed by atoms with van der Waals surface area (Å²) < 4.78 is 79.0. The molecule has 2 aromatic rings. The molecule has 0 spiro atoms. The molecule has 1 aromatic carbocycles. The maximum Gasteiger partial charge on any atom is 0.416 e. The first-order valence-electron chi connectivity index (χ1n) is 7.18. The lowest BCUT2D eigenvalue weighted by atomic mass is 10.1. The lowest BCUT2D eigenvalue weighted by Gasteiger charge is -2.15. The largest absolute Gasteiger partial charge is 0.416 e. The lowest BCUT2D eigenvalue weighted by molar-refractivity contribution is -0.537. The summed E-state index contributed by atoms with van der Waals surface area (Å²) in [5.74, 6) is 0.591. The Kier molecular flexibility index (Phi) is 5.45. The van der Waals surface area contributed by atoms with Crippen LogP contribution in [-0.4, -0.2) is 19.2 Å². The number of nitrogens with zero attached hydrogens (tertiary/aromatic N) is 2. The monoisotopic (exact) mass is 394 g/mol. The third kappa shape index (κ3) is 4.63. The van der Waals surface area contributed by atoms with Crippen molar-refractivity contribution >= 4 is 28.8 Å². The van der Waals surface area contributed by atoms with E-state index in [2.05, 4.69) is 5.32 Å². The van der Waals surface area contributed by atoms with E-state index in [-0.39, 0.29) is 11.2 Å². The van der Waals surface area contributed by atoms with Gasteiger partial charge in [0.05, 0.1) is 37.1 Å². The lowest BCUT2D eigenvalue weighted by Crippen LogP contribution is -2.49. The Labute approximate surface area is 150 Å². The van der Waals surface area contributed by atoms with Crippen LogP contribution in [0.4, 0.5) is 37.8 Å². The second kappa shape index (κ2) is 7.10. The molecule has 1 heterocycles. The highest BCUT2D eigenvalue weighted by molar-refractivity contribution is 7.80. The highest BCUT2D eigenvalue weighted by Gasteiger charge is 2.37. The predicted molar refractivity (Wildman–Crippen MR) is 89.0 cm³/mol. The van der Waals surface area contributed by atoms with Gasteiger partial charge in [-0.05, 0) is 36.5 Å². The molecule has 10 heteroatoms. The van der Waals surface area contributed by atoms with Crippen LogP contribution < -0.4 is 14.8 Å². The number of aromatic nitrogens is 1. The van der Waals surface area contributed by atoms with E-state index in [1.165, 1.54) is 4.57 Å². The molecule has 3 nitrogen and oxygen atoms in total. The van der Waals surface area contributed by atoms with E-state index in [9.17, 15) is 26.3 Å². The van der Waals surface area contributed by atoms with Gasteiger partial charge in [-0.3, -0.25) is 10.2 Å². The number of thiocarbonyl (C=S) groups is 1. The first kappa shape index (κ1) is 20.0. The van der Waals surface area contributed by atoms with Gasteiger partial charge in [0, 0.05) is 6.07 Å². The number of hydrogen-bond acceptors (Lipinski definition) is 2. The van der Waals surface area contributed by atoms with E-state index >= 15 is 0 Å². The van der Waals surface area contributed by atoms with Crippen molar-refractivity contribution in [1.29, 1.82) is 0 Å². The van der Waals surface area contributed by atoms with Gasteiger partial charge in [0.1, 0.15) is 0 Å². The minimum absolute atomic E-state index is 0.0646. The van der Waals surface area contributed by atoms with E-state index in [1.54, 1.807) is 43.4 Å². The Hall–Kier alpha value is -2.36. The number of rotatable bonds is 2. The van der Waals surface area contributed by atoms with Crippen molar-refractivity contribution in [3.63, 3.8) is 0 Å². The van der Waals surface area contributed by atoms with Crippen molar-refractivity contribution in [3.05, 3.63) is 53.7 Å². The maximum atomic E-state index is 12.9. The standard InChI is InChI=1S/C16H13F6N3S/c1-24(2)13-5-3-4-6-25(13)14(26)23-12-8-10(15(17,18)19)7-11(9-12)16(20,21)22/h3-9H,1-2H3/p+1. The van der Waals surface area contributed by atoms with Crippen molar-refractivity contribution in [1.82, 2.24) is 0 Å². The molecule has 0 aliphatic carbocycles. The van der Waals surface area contributed by atoms with Crippen LogP contribution in [0.25, 0.3) is 0 Å². The first-order valence-corrected chi connectivity index (χ1v) is 7.59. The average Bonchev–Trinajstić information content (AvgIpc) is 2.52. The van der Waals surface area contributed by atoms with Gasteiger partial charge < -0.3 is 0 Å². The number of nitrogens with one attached hydrogen (secondary N) is 1. The van der Waals surface area contributed by atoms with Gasteiger partial charge in [-0.15, -0.1) is 0 Å². The third-order valence-electron chi connectivity index (χ3n) is 3.35. The quantitative estimate of drug-likeness (QED) is 0.465. The summed E-state index contributed by atoms with van der Waals surface area (Å²) >= 11 is 5.15. The van der Waals surface area contributed by atoms with Crippen molar-refractivity contribution in [3.8, 4) is 0 Å². The maximum absolute atomic E-state index is 12.9. The molecular formula is C16H14F6N3S+. The Balaban J connectivity index is 2.45. The van der Waals surface area contributed by atoms with Crippen LogP contribution >= 0.6 is 12.2 Å². The first-order chi connectivity index (χ1) is 11.9. The van der Waals surface area contributed by atoms with Crippen molar-refractivity contribution < 1.29 is 30.9 Å². The molecule has 0 amide bonds. The minimum atomic E-state index is -4.92. The van der Waals surface area contributed by atoms with E-state index in [0.717, 1.165) is 0 Å². The molecule has 0 aliphatic heterocycles. The van der Waals surface area contributed by atoms with Crippen LogP contribution in [0.1, 0.15) is 11.1 Å². The molecule has 140 valence electrons. The number of halogens is 6. The molecule has 1 aromatic heterocycles. The highest BCUT2D eigenvalue weighted by atomic mass is 32.1. The van der Waals surface area contributed by atoms with Crippen LogP contribution in [0.15, 0.2) is 42.6 Å². The molecule has 0 bridgehead atoms. The molecule has 26 heavy (non-hydrogen) atoms. The van der Waals surface area contributed by atoms with Crippen LogP contribution in [0.2, 0.25) is 0 Å². The Bertz CT molecular complexity index is 782. The van der Waals surface area contributed by atoms with E-state index in [0.29, 0.717) is 18.0 Å². The molecule has 0 fully saturated rings. The van der Waals surface area contributed by atoms with Gasteiger partial charge in [-0.25, -0.2) is 0 Å². The zero-order valence-electron chi connectivity index (χ0n) is 13.6. The Morgan fingerprint density at radius 2 is 1.50 bits per heavy atom. The molecule has 0 saturated heterocycles. The summed E-state index contributed by atoms with van der Waals surface area (Å²) in [7, 11) is 3.45. The van der Waals surface area contributed by atoms with Gasteiger partial charge in [-0.1, -0.05) is 6.07 Å². The van der Waals surface area contributed by atoms with Gasteiger partial charge in [0.25, 0.3) is 5.11 Å². The fourth-order valence-electron chi connectivity index (χ4n) is 2.18. The van der Waals surface area contributed by atoms with Crippen LogP contribution in [-0.2, 0) is 12.4 Å². The van der Waals surface area contributed by atoms with Crippen molar-refractivity contribution in [2.24, 2.45) is 0 Å². The molecule has 0 saturated carbocycles. The SMILES string of the molecule is CN(C)c1cccc[n+]1C(=S)Nc1cc(C(F)(F)F)cc(C(F)(F)F)c1. The van der Waals surface area contributed by atoms with Crippen molar-refractivity contribution in [2.45, 2.75) is 12.4 Å². The molecule has 0 atom stereocenters. The van der Waals surface area contributed by atoms with Gasteiger partial charge >= 0.3 is 12.4 Å². The van der Waals surface area contributed by atoms with E-state index < -0.39 is 29.2 Å². The number of anilines is 2. The number of pyridine rings is 1. The van der Waals surface area contributed by atoms with Crippen molar-refractivity contribution in [2.75, 3.05) is 24.3 Å². The summed E-state index contributed by atoms with van der Waals surface area (Å²) in [5, 5.41) is 2.38. The number of alkyl halides is 6. The summed E-state index contributed by atoms with van der Waals surface area (Å²) in [6.07, 6.45) is -8.30. The molecule has 0 aliphatic rings. The molecule has 0 radical (unpaired) electrons. The van der Waals surface area contributed by atoms with Crippen LogP contribution in [0, 0.1) is 0 Å². The second-order valence-corrected chi connectivity index (χ2v) is 5.93. The molecule has 1 N–H and O–H groups in total. The fraction of sp³-hybridized carbons (Fsp3) is 0.250. The minimum Gasteiger partial charge on any atom is -0.298 e. The summed E-state index contributed by atoms with van der Waals surface area (Å²) in [6.45, 7) is 0. The zero-order valence-corrected chi connectivity index (χ0v) is 14.4. The smallest absolute Gasteiger partial charge is 0.298 e. The molecule has 0 unspecified atom stereocenters. The Morgan fingerprint density at radius 3 is 1.96 bits per heavy atom. The number of hydrogen-bond donors (Lipinski definition) is 1. The highest BCUT2D eigenvalue weighted by Crippen LogP contribution is 2.37. The summed E-state index contributed by atoms with van der Waals surface area (Å²) in [5.41, 5.74) is -3.23. The average molecular weight is 394 g/mol. The van der Waals surface area contributed by atoms with Crippen LogP contribution in [0.3, 0.4) is 0 Å². The predicted octanol–water partition coefficient (Wildman–Crippen LogP) is 4.32. The second-order valence-electron chi connectivity index (χ2n) is 5.55. The summed E-state index contributed by atoms with van der Waals surface area (Å²) in [4.78, 5) is 1.70. The van der Waals surface area contributed by atoms with Gasteiger partial charge in [0.2, 0.25) is 5.82 Å². The van der Waals surface area contributed by atoms with Gasteiger partial charge in [0.15, 0.2) is 0 Å². The normalized spacial score (nSPS) is 12.0. The summed E-state index contributed by atoms with van der Waals surface area (Å²) in [6, 6.07) is 6.28. The van der Waals surface area contributed by atoms with E-state index in [1.807, 2.05) is 0 Å². The van der Waals surface area contributed by atoms with E-state index in [4.69, 9.17) is 12.2 Å². The third-order valence-corrected chi connectivity index (χ3v) is 3.65. The number of benzene rings is 1. The molecule has 2 rings (SSSR count).